The molecule has 0 aliphatic carbocycles. The van der Waals surface area contributed by atoms with E-state index in [0.717, 1.165) is 16.8 Å². The average molecular weight is 223 g/mol. The molecule has 0 aliphatic heterocycles. The van der Waals surface area contributed by atoms with Gasteiger partial charge in [-0.3, -0.25) is 5.10 Å². The number of benzene rings is 1. The van der Waals surface area contributed by atoms with Crippen LogP contribution < -0.4 is 4.74 Å². The zero-order valence-electron chi connectivity index (χ0n) is 8.54. The van der Waals surface area contributed by atoms with Crippen LogP contribution in [-0.2, 0) is 0 Å². The van der Waals surface area contributed by atoms with E-state index in [0.29, 0.717) is 10.8 Å². The van der Waals surface area contributed by atoms with E-state index < -0.39 is 0 Å². The number of hydrogen-bond acceptors (Lipinski definition) is 2. The molecule has 0 fully saturated rings. The van der Waals surface area contributed by atoms with Gasteiger partial charge in [0.25, 0.3) is 0 Å². The number of nitrogens with one attached hydrogen (secondary N) is 1. The predicted molar refractivity (Wildman–Crippen MR) is 60.3 cm³/mol. The summed E-state index contributed by atoms with van der Waals surface area (Å²) in [5.74, 6) is 0.678. The Morgan fingerprint density at radius 2 is 2.20 bits per heavy atom. The summed E-state index contributed by atoms with van der Waals surface area (Å²) in [7, 11) is 1.60. The van der Waals surface area contributed by atoms with Gasteiger partial charge in [0.05, 0.1) is 24.0 Å². The number of aromatic nitrogens is 2. The van der Waals surface area contributed by atoms with Crippen molar-refractivity contribution in [1.82, 2.24) is 10.2 Å². The van der Waals surface area contributed by atoms with Gasteiger partial charge in [-0.2, -0.15) is 5.10 Å². The van der Waals surface area contributed by atoms with Crippen molar-refractivity contribution >= 4 is 11.6 Å². The number of aryl methyl sites for hydroxylation is 1. The second kappa shape index (κ2) is 3.95. The Labute approximate surface area is 93.0 Å². The van der Waals surface area contributed by atoms with Gasteiger partial charge in [-0.15, -0.1) is 0 Å². The summed E-state index contributed by atoms with van der Waals surface area (Å²) in [4.78, 5) is 0. The molecule has 2 aromatic rings. The van der Waals surface area contributed by atoms with Crippen LogP contribution in [0.3, 0.4) is 0 Å². The Morgan fingerprint density at radius 3 is 2.73 bits per heavy atom. The van der Waals surface area contributed by atoms with Crippen LogP contribution in [0.4, 0.5) is 0 Å². The van der Waals surface area contributed by atoms with Crippen molar-refractivity contribution in [3.63, 3.8) is 0 Å². The largest absolute Gasteiger partial charge is 0.495 e. The lowest BCUT2D eigenvalue weighted by Gasteiger charge is -2.05. The van der Waals surface area contributed by atoms with Gasteiger partial charge in [-0.25, -0.2) is 0 Å². The smallest absolute Gasteiger partial charge is 0.137 e. The van der Waals surface area contributed by atoms with Crippen molar-refractivity contribution in [2.45, 2.75) is 6.92 Å². The van der Waals surface area contributed by atoms with Crippen LogP contribution in [-0.4, -0.2) is 17.3 Å². The third-order valence-electron chi connectivity index (χ3n) is 2.27. The number of hydrogen-bond donors (Lipinski definition) is 1. The van der Waals surface area contributed by atoms with Crippen LogP contribution in [0.25, 0.3) is 11.3 Å². The van der Waals surface area contributed by atoms with Crippen LogP contribution in [0.1, 0.15) is 5.56 Å². The summed E-state index contributed by atoms with van der Waals surface area (Å²) in [5.41, 5.74) is 3.09. The van der Waals surface area contributed by atoms with Gasteiger partial charge < -0.3 is 4.74 Å². The minimum atomic E-state index is 0.601. The monoisotopic (exact) mass is 222 g/mol. The second-order valence-corrected chi connectivity index (χ2v) is 3.68. The second-order valence-electron chi connectivity index (χ2n) is 3.28. The van der Waals surface area contributed by atoms with Crippen LogP contribution in [0.2, 0.25) is 5.02 Å². The van der Waals surface area contributed by atoms with Crippen molar-refractivity contribution in [3.8, 4) is 17.0 Å². The molecule has 0 radical (unpaired) electrons. The summed E-state index contributed by atoms with van der Waals surface area (Å²) in [6.45, 7) is 2.00. The van der Waals surface area contributed by atoms with Crippen molar-refractivity contribution in [2.24, 2.45) is 0 Å². The molecule has 0 atom stereocenters. The lowest BCUT2D eigenvalue weighted by Crippen LogP contribution is -1.86. The van der Waals surface area contributed by atoms with Crippen molar-refractivity contribution < 1.29 is 4.74 Å². The van der Waals surface area contributed by atoms with Gasteiger partial charge in [0.1, 0.15) is 5.75 Å². The standard InChI is InChI=1S/C11H11ClN2O/c1-7-6-13-14-11(7)8-3-4-10(15-2)9(12)5-8/h3-6H,1-2H3,(H,13,14). The van der Waals surface area contributed by atoms with Gasteiger partial charge in [-0.05, 0) is 30.7 Å². The fraction of sp³-hybridized carbons (Fsp3) is 0.182. The summed E-state index contributed by atoms with van der Waals surface area (Å²) < 4.78 is 5.09. The molecule has 1 aromatic heterocycles. The van der Waals surface area contributed by atoms with Gasteiger partial charge in [0.15, 0.2) is 0 Å². The van der Waals surface area contributed by atoms with Gasteiger partial charge in [0.2, 0.25) is 0 Å². The molecule has 0 saturated carbocycles. The molecule has 15 heavy (non-hydrogen) atoms. The third-order valence-corrected chi connectivity index (χ3v) is 2.56. The Balaban J connectivity index is 2.47. The molecule has 1 aromatic carbocycles. The molecular weight excluding hydrogens is 212 g/mol. The van der Waals surface area contributed by atoms with E-state index in [1.165, 1.54) is 0 Å². The molecule has 78 valence electrons. The summed E-state index contributed by atoms with van der Waals surface area (Å²) in [5, 5.41) is 7.51. The third kappa shape index (κ3) is 1.83. The van der Waals surface area contributed by atoms with Crippen LogP contribution in [0.5, 0.6) is 5.75 Å². The highest BCUT2D eigenvalue weighted by atomic mass is 35.5. The lowest BCUT2D eigenvalue weighted by atomic mass is 10.1. The molecule has 0 amide bonds. The minimum absolute atomic E-state index is 0.601. The number of methoxy groups -OCH3 is 1. The minimum Gasteiger partial charge on any atom is -0.495 e. The number of H-pyrrole nitrogens is 1. The van der Waals surface area contributed by atoms with E-state index in [1.807, 2.05) is 25.1 Å². The summed E-state index contributed by atoms with van der Waals surface area (Å²) in [6, 6.07) is 5.66. The molecule has 4 heteroatoms. The van der Waals surface area contributed by atoms with Crippen LogP contribution in [0, 0.1) is 6.92 Å². The molecule has 2 rings (SSSR count). The molecule has 1 N–H and O–H groups in total. The molecule has 0 spiro atoms. The maximum atomic E-state index is 6.04. The van der Waals surface area contributed by atoms with Crippen molar-refractivity contribution in [1.29, 1.82) is 0 Å². The highest BCUT2D eigenvalue weighted by Gasteiger charge is 2.06. The first-order chi connectivity index (χ1) is 7.22. The van der Waals surface area contributed by atoms with Crippen molar-refractivity contribution in [2.75, 3.05) is 7.11 Å². The average Bonchev–Trinajstić information content (AvgIpc) is 2.64. The lowest BCUT2D eigenvalue weighted by molar-refractivity contribution is 0.415. The fourth-order valence-corrected chi connectivity index (χ4v) is 1.72. The topological polar surface area (TPSA) is 37.9 Å². The predicted octanol–water partition coefficient (Wildman–Crippen LogP) is 3.05. The quantitative estimate of drug-likeness (QED) is 0.848. The van der Waals surface area contributed by atoms with Gasteiger partial charge in [-0.1, -0.05) is 11.6 Å². The maximum absolute atomic E-state index is 6.04. The Bertz CT molecular complexity index is 479. The number of aromatic amines is 1. The van der Waals surface area contributed by atoms with E-state index >= 15 is 0 Å². The Kier molecular flexibility index (Phi) is 2.64. The normalized spacial score (nSPS) is 10.3. The first-order valence-corrected chi connectivity index (χ1v) is 4.94. The number of nitrogens with zero attached hydrogens (tertiary/aromatic N) is 1. The van der Waals surface area contributed by atoms with Gasteiger partial charge >= 0.3 is 0 Å². The first-order valence-electron chi connectivity index (χ1n) is 4.56. The molecule has 0 bridgehead atoms. The van der Waals surface area contributed by atoms with E-state index in [1.54, 1.807) is 13.3 Å². The van der Waals surface area contributed by atoms with E-state index in [-0.39, 0.29) is 0 Å². The zero-order chi connectivity index (χ0) is 10.8. The molecule has 1 heterocycles. The number of ether oxygens (including phenoxy) is 1. The van der Waals surface area contributed by atoms with Crippen molar-refractivity contribution in [3.05, 3.63) is 35.0 Å². The van der Waals surface area contributed by atoms with Crippen LogP contribution in [0.15, 0.2) is 24.4 Å². The fourth-order valence-electron chi connectivity index (χ4n) is 1.46. The maximum Gasteiger partial charge on any atom is 0.137 e. The molecule has 0 unspecified atom stereocenters. The highest BCUT2D eigenvalue weighted by molar-refractivity contribution is 6.32. The molecule has 0 aliphatic rings. The number of halogens is 1. The zero-order valence-corrected chi connectivity index (χ0v) is 9.30. The molecule has 0 saturated heterocycles. The summed E-state index contributed by atoms with van der Waals surface area (Å²) >= 11 is 6.04. The van der Waals surface area contributed by atoms with E-state index in [4.69, 9.17) is 16.3 Å². The molecule has 3 nitrogen and oxygen atoms in total. The van der Waals surface area contributed by atoms with E-state index in [9.17, 15) is 0 Å². The first kappa shape index (κ1) is 10.1. The van der Waals surface area contributed by atoms with Crippen LogP contribution >= 0.6 is 11.6 Å². The number of rotatable bonds is 2. The molecular formula is C11H11ClN2O. The highest BCUT2D eigenvalue weighted by Crippen LogP contribution is 2.30. The SMILES string of the molecule is COc1ccc(-c2[nH]ncc2C)cc1Cl. The van der Waals surface area contributed by atoms with Gasteiger partial charge in [0, 0.05) is 5.56 Å². The Morgan fingerprint density at radius 1 is 1.40 bits per heavy atom. The Hall–Kier alpha value is -1.48. The summed E-state index contributed by atoms with van der Waals surface area (Å²) in [6.07, 6.45) is 1.79. The van der Waals surface area contributed by atoms with E-state index in [2.05, 4.69) is 10.2 Å².